The molecule has 84 valence electrons. The molecule has 0 N–H and O–H groups in total. The van der Waals surface area contributed by atoms with Gasteiger partial charge in [-0.15, -0.1) is 0 Å². The number of hydrogen-bond donors (Lipinski definition) is 0. The molecule has 0 aliphatic heterocycles. The minimum Gasteiger partial charge on any atom is -0.0955 e. The lowest BCUT2D eigenvalue weighted by atomic mass is 10.4. The van der Waals surface area contributed by atoms with Gasteiger partial charge in [-0.3, -0.25) is 0 Å². The van der Waals surface area contributed by atoms with E-state index in [1.807, 2.05) is 0 Å². The normalized spacial score (nSPS) is 11.5. The van der Waals surface area contributed by atoms with Crippen LogP contribution in [-0.2, 0) is 0 Å². The highest BCUT2D eigenvalue weighted by atomic mass is 28.3. The van der Waals surface area contributed by atoms with Crippen LogP contribution in [0.25, 0.3) is 0 Å². The molecule has 1 heteroatoms. The standard InChI is InChI=1S/C13H28Si/c1-6-9-14(10-7-2,11-8-3)12-13(4)5/h12H,6-11H2,1-5H3. The predicted molar refractivity (Wildman–Crippen MR) is 70.5 cm³/mol. The van der Waals surface area contributed by atoms with Crippen LogP contribution >= 0.6 is 0 Å². The molecule has 0 fully saturated rings. The molecule has 0 rings (SSSR count). The Kier molecular flexibility index (Phi) is 7.25. The van der Waals surface area contributed by atoms with Crippen molar-refractivity contribution in [2.24, 2.45) is 0 Å². The molecular formula is C13H28Si. The molecule has 0 spiro atoms. The summed E-state index contributed by atoms with van der Waals surface area (Å²) in [4.78, 5) is 0. The van der Waals surface area contributed by atoms with Crippen LogP contribution in [0.1, 0.15) is 53.9 Å². The highest BCUT2D eigenvalue weighted by molar-refractivity contribution is 6.84. The van der Waals surface area contributed by atoms with E-state index in [0.717, 1.165) is 0 Å². The summed E-state index contributed by atoms with van der Waals surface area (Å²) >= 11 is 0. The lowest BCUT2D eigenvalue weighted by molar-refractivity contribution is 0.934. The molecule has 0 aromatic carbocycles. The third kappa shape index (κ3) is 4.99. The van der Waals surface area contributed by atoms with E-state index >= 15 is 0 Å². The summed E-state index contributed by atoms with van der Waals surface area (Å²) in [5, 5.41) is 0. The van der Waals surface area contributed by atoms with Crippen molar-refractivity contribution in [2.75, 3.05) is 0 Å². The van der Waals surface area contributed by atoms with Crippen molar-refractivity contribution in [1.82, 2.24) is 0 Å². The van der Waals surface area contributed by atoms with Gasteiger partial charge in [-0.05, 0) is 13.8 Å². The molecule has 0 aromatic rings. The smallest absolute Gasteiger partial charge is 0.0777 e. The maximum absolute atomic E-state index is 2.67. The fraction of sp³-hybridized carbons (Fsp3) is 0.846. The summed E-state index contributed by atoms with van der Waals surface area (Å²) in [5.41, 5.74) is 4.22. The van der Waals surface area contributed by atoms with Gasteiger partial charge in [0.05, 0.1) is 8.07 Å². The molecule has 0 nitrogen and oxygen atoms in total. The van der Waals surface area contributed by atoms with E-state index in [1.165, 1.54) is 37.4 Å². The Balaban J connectivity index is 4.63. The third-order valence-corrected chi connectivity index (χ3v) is 8.52. The zero-order chi connectivity index (χ0) is 11.0. The van der Waals surface area contributed by atoms with E-state index in [-0.39, 0.29) is 0 Å². The Morgan fingerprint density at radius 3 is 1.43 bits per heavy atom. The largest absolute Gasteiger partial charge is 0.0955 e. The van der Waals surface area contributed by atoms with E-state index in [1.54, 1.807) is 5.57 Å². The summed E-state index contributed by atoms with van der Waals surface area (Å²) < 4.78 is 0. The minimum absolute atomic E-state index is 1.02. The molecule has 0 saturated carbocycles. The quantitative estimate of drug-likeness (QED) is 0.511. The zero-order valence-corrected chi connectivity index (χ0v) is 11.8. The summed E-state index contributed by atoms with van der Waals surface area (Å²) in [6.45, 7) is 11.6. The maximum atomic E-state index is 2.67. The van der Waals surface area contributed by atoms with Gasteiger partial charge in [-0.25, -0.2) is 0 Å². The van der Waals surface area contributed by atoms with E-state index < -0.39 is 8.07 Å². The first-order valence-electron chi connectivity index (χ1n) is 6.26. The lowest BCUT2D eigenvalue weighted by Gasteiger charge is -2.28. The number of allylic oxidation sites excluding steroid dienone is 1. The van der Waals surface area contributed by atoms with E-state index in [4.69, 9.17) is 0 Å². The van der Waals surface area contributed by atoms with Crippen molar-refractivity contribution < 1.29 is 0 Å². The van der Waals surface area contributed by atoms with Crippen molar-refractivity contribution in [3.05, 3.63) is 11.3 Å². The van der Waals surface area contributed by atoms with Crippen LogP contribution < -0.4 is 0 Å². The Morgan fingerprint density at radius 2 is 1.21 bits per heavy atom. The van der Waals surface area contributed by atoms with Gasteiger partial charge in [-0.2, -0.15) is 0 Å². The molecule has 14 heavy (non-hydrogen) atoms. The van der Waals surface area contributed by atoms with Crippen LogP contribution in [-0.4, -0.2) is 8.07 Å². The molecular weight excluding hydrogens is 184 g/mol. The molecule has 0 aromatic heterocycles. The number of hydrogen-bond acceptors (Lipinski definition) is 0. The predicted octanol–water partition coefficient (Wildman–Crippen LogP) is 5.17. The SMILES string of the molecule is CCC[Si](C=C(C)C)(CCC)CCC. The summed E-state index contributed by atoms with van der Waals surface area (Å²) in [5.74, 6) is 0. The second-order valence-electron chi connectivity index (χ2n) is 4.83. The molecule has 0 radical (unpaired) electrons. The summed E-state index contributed by atoms with van der Waals surface area (Å²) in [7, 11) is -1.02. The molecule has 0 aliphatic carbocycles. The van der Waals surface area contributed by atoms with Crippen molar-refractivity contribution in [3.63, 3.8) is 0 Å². The second kappa shape index (κ2) is 7.28. The van der Waals surface area contributed by atoms with E-state index in [0.29, 0.717) is 0 Å². The van der Waals surface area contributed by atoms with Crippen LogP contribution in [0.4, 0.5) is 0 Å². The van der Waals surface area contributed by atoms with Gasteiger partial charge in [0.1, 0.15) is 0 Å². The second-order valence-corrected chi connectivity index (χ2v) is 9.35. The molecule has 0 amide bonds. The third-order valence-electron chi connectivity index (χ3n) is 2.84. The van der Waals surface area contributed by atoms with Crippen molar-refractivity contribution in [2.45, 2.75) is 72.0 Å². The van der Waals surface area contributed by atoms with Crippen LogP contribution in [0.3, 0.4) is 0 Å². The first-order chi connectivity index (χ1) is 6.60. The van der Waals surface area contributed by atoms with Crippen molar-refractivity contribution in [3.8, 4) is 0 Å². The molecule has 0 saturated heterocycles. The molecule has 0 aliphatic rings. The highest BCUT2D eigenvalue weighted by Gasteiger charge is 2.26. The van der Waals surface area contributed by atoms with Crippen molar-refractivity contribution in [1.29, 1.82) is 0 Å². The van der Waals surface area contributed by atoms with Crippen LogP contribution in [0.15, 0.2) is 11.3 Å². The minimum atomic E-state index is -1.02. The van der Waals surface area contributed by atoms with Crippen molar-refractivity contribution >= 4 is 8.07 Å². The highest BCUT2D eigenvalue weighted by Crippen LogP contribution is 2.28. The van der Waals surface area contributed by atoms with E-state index in [2.05, 4.69) is 40.3 Å². The monoisotopic (exact) mass is 212 g/mol. The van der Waals surface area contributed by atoms with Crippen LogP contribution in [0.5, 0.6) is 0 Å². The molecule has 0 heterocycles. The van der Waals surface area contributed by atoms with Gasteiger partial charge in [0.25, 0.3) is 0 Å². The van der Waals surface area contributed by atoms with Gasteiger partial charge in [0.2, 0.25) is 0 Å². The first kappa shape index (κ1) is 14.0. The van der Waals surface area contributed by atoms with Gasteiger partial charge in [-0.1, -0.05) is 69.4 Å². The molecule has 0 bridgehead atoms. The Morgan fingerprint density at radius 1 is 0.857 bits per heavy atom. The topological polar surface area (TPSA) is 0 Å². The Hall–Kier alpha value is -0.0431. The van der Waals surface area contributed by atoms with Gasteiger partial charge >= 0.3 is 0 Å². The first-order valence-corrected chi connectivity index (χ1v) is 8.96. The van der Waals surface area contributed by atoms with Crippen LogP contribution in [0.2, 0.25) is 18.1 Å². The fourth-order valence-electron chi connectivity index (χ4n) is 2.70. The fourth-order valence-corrected chi connectivity index (χ4v) is 8.09. The summed E-state index contributed by atoms with van der Waals surface area (Å²) in [6.07, 6.45) is 4.11. The van der Waals surface area contributed by atoms with E-state index in [9.17, 15) is 0 Å². The Labute approximate surface area is 91.8 Å². The zero-order valence-electron chi connectivity index (χ0n) is 10.8. The van der Waals surface area contributed by atoms with Crippen LogP contribution in [0, 0.1) is 0 Å². The maximum Gasteiger partial charge on any atom is 0.0777 e. The average molecular weight is 212 g/mol. The molecule has 0 atom stereocenters. The average Bonchev–Trinajstić information content (AvgIpc) is 2.03. The molecule has 0 unspecified atom stereocenters. The van der Waals surface area contributed by atoms with Gasteiger partial charge in [0.15, 0.2) is 0 Å². The van der Waals surface area contributed by atoms with Gasteiger partial charge < -0.3 is 0 Å². The van der Waals surface area contributed by atoms with Gasteiger partial charge in [0, 0.05) is 0 Å². The summed E-state index contributed by atoms with van der Waals surface area (Å²) in [6, 6.07) is 4.50. The number of rotatable bonds is 7. The Bertz CT molecular complexity index is 149. The lowest BCUT2D eigenvalue weighted by Crippen LogP contribution is -2.31.